The normalized spacial score (nSPS) is 32.9. The molecule has 0 radical (unpaired) electrons. The fraction of sp³-hybridized carbons (Fsp3) is 0.600. The summed E-state index contributed by atoms with van der Waals surface area (Å²) in [6.45, 7) is 0. The molecule has 1 aliphatic carbocycles. The maximum Gasteiger partial charge on any atom is 0.185 e. The molecule has 0 aromatic carbocycles. The summed E-state index contributed by atoms with van der Waals surface area (Å²) in [6.07, 6.45) is 2.35. The molecule has 0 spiro atoms. The summed E-state index contributed by atoms with van der Waals surface area (Å²) in [5.41, 5.74) is 1.40. The quantitative estimate of drug-likeness (QED) is 0.525. The van der Waals surface area contributed by atoms with E-state index < -0.39 is 11.0 Å². The van der Waals surface area contributed by atoms with Crippen molar-refractivity contribution in [1.29, 1.82) is 0 Å². The topological polar surface area (TPSA) is 41.8 Å². The van der Waals surface area contributed by atoms with Gasteiger partial charge in [0.25, 0.3) is 0 Å². The predicted octanol–water partition coefficient (Wildman–Crippen LogP) is 0.500. The van der Waals surface area contributed by atoms with Crippen molar-refractivity contribution in [3.8, 4) is 0 Å². The first-order valence-corrected chi connectivity index (χ1v) is 4.07. The molecule has 0 aromatic heterocycles. The van der Waals surface area contributed by atoms with Gasteiger partial charge in [0, 0.05) is 5.92 Å². The van der Waals surface area contributed by atoms with E-state index in [1.54, 1.807) is 0 Å². The lowest BCUT2D eigenvalue weighted by molar-refractivity contribution is 0.692. The second-order valence-corrected chi connectivity index (χ2v) is 3.18. The molecule has 4 heteroatoms. The smallest absolute Gasteiger partial charge is 0.185 e. The maximum atomic E-state index is 10.6. The Hall–Kier alpha value is -0.510. The zero-order valence-electron chi connectivity index (χ0n) is 4.78. The molecular weight excluding hydrogens is 136 g/mol. The highest BCUT2D eigenvalue weighted by Crippen LogP contribution is 2.32. The van der Waals surface area contributed by atoms with E-state index in [2.05, 4.69) is 9.39 Å². The van der Waals surface area contributed by atoms with Gasteiger partial charge in [-0.05, 0) is 12.8 Å². The Morgan fingerprint density at radius 3 is 2.89 bits per heavy atom. The lowest BCUT2D eigenvalue weighted by Gasteiger charge is -1.83. The van der Waals surface area contributed by atoms with Crippen molar-refractivity contribution < 1.29 is 4.21 Å². The summed E-state index contributed by atoms with van der Waals surface area (Å²) in [6, 6.07) is 0. The number of amidine groups is 1. The summed E-state index contributed by atoms with van der Waals surface area (Å²) >= 11 is 0. The standard InChI is InChI=1S/C5H6N2OS/c8-9-3-6-5(7-9)4-1-2-4/h3-4H,1-2H2. The molecule has 0 aromatic rings. The zero-order valence-corrected chi connectivity index (χ0v) is 5.60. The predicted molar refractivity (Wildman–Crippen MR) is 36.8 cm³/mol. The average Bonchev–Trinajstić information content (AvgIpc) is 2.58. The molecule has 2 aliphatic rings. The van der Waals surface area contributed by atoms with Gasteiger partial charge in [0.05, 0.1) is 0 Å². The average molecular weight is 142 g/mol. The van der Waals surface area contributed by atoms with Crippen LogP contribution in [0.3, 0.4) is 0 Å². The molecule has 1 fully saturated rings. The van der Waals surface area contributed by atoms with Crippen molar-refractivity contribution in [2.75, 3.05) is 0 Å². The van der Waals surface area contributed by atoms with Gasteiger partial charge in [-0.2, -0.15) is 4.40 Å². The lowest BCUT2D eigenvalue weighted by atomic mass is 10.4. The van der Waals surface area contributed by atoms with Crippen LogP contribution in [0.2, 0.25) is 0 Å². The van der Waals surface area contributed by atoms with Gasteiger partial charge in [-0.1, -0.05) is 0 Å². The van der Waals surface area contributed by atoms with Crippen LogP contribution in [-0.4, -0.2) is 15.6 Å². The van der Waals surface area contributed by atoms with Crippen molar-refractivity contribution in [2.24, 2.45) is 15.3 Å². The molecule has 3 nitrogen and oxygen atoms in total. The van der Waals surface area contributed by atoms with Gasteiger partial charge < -0.3 is 0 Å². The zero-order chi connectivity index (χ0) is 6.27. The van der Waals surface area contributed by atoms with Crippen molar-refractivity contribution in [3.63, 3.8) is 0 Å². The molecule has 0 amide bonds. The van der Waals surface area contributed by atoms with Crippen molar-refractivity contribution in [3.05, 3.63) is 0 Å². The highest BCUT2D eigenvalue weighted by molar-refractivity contribution is 7.97. The molecule has 1 unspecified atom stereocenters. The van der Waals surface area contributed by atoms with Gasteiger partial charge in [0.1, 0.15) is 11.4 Å². The second kappa shape index (κ2) is 1.73. The van der Waals surface area contributed by atoms with Gasteiger partial charge in [0.2, 0.25) is 0 Å². The van der Waals surface area contributed by atoms with E-state index in [0.717, 1.165) is 5.84 Å². The second-order valence-electron chi connectivity index (χ2n) is 2.23. The summed E-state index contributed by atoms with van der Waals surface area (Å²) in [5.74, 6) is 1.33. The molecule has 48 valence electrons. The molecule has 0 N–H and O–H groups in total. The number of nitrogens with zero attached hydrogens (tertiary/aromatic N) is 2. The van der Waals surface area contributed by atoms with Crippen LogP contribution >= 0.6 is 0 Å². The first-order chi connectivity index (χ1) is 4.36. The Kier molecular flexibility index (Phi) is 1.02. The fourth-order valence-electron chi connectivity index (χ4n) is 0.760. The van der Waals surface area contributed by atoms with E-state index in [1.165, 1.54) is 18.4 Å². The van der Waals surface area contributed by atoms with Crippen LogP contribution in [-0.2, 0) is 11.0 Å². The molecule has 9 heavy (non-hydrogen) atoms. The molecule has 1 saturated carbocycles. The molecule has 1 heterocycles. The number of hydrogen-bond donors (Lipinski definition) is 0. The first-order valence-electron chi connectivity index (χ1n) is 2.90. The summed E-state index contributed by atoms with van der Waals surface area (Å²) in [5, 5.41) is 0. The number of hydrogen-bond acceptors (Lipinski definition) is 2. The van der Waals surface area contributed by atoms with Crippen LogP contribution in [0.15, 0.2) is 9.39 Å². The summed E-state index contributed by atoms with van der Waals surface area (Å²) in [7, 11) is -1.14. The molecule has 0 bridgehead atoms. The molecule has 2 rings (SSSR count). The minimum Gasteiger partial charge on any atom is -0.229 e. The van der Waals surface area contributed by atoms with Gasteiger partial charge >= 0.3 is 0 Å². The Morgan fingerprint density at radius 2 is 2.44 bits per heavy atom. The number of aliphatic imine (C=N–C) groups is 1. The minimum absolute atomic E-state index is 0.535. The van der Waals surface area contributed by atoms with Crippen molar-refractivity contribution >= 4 is 22.4 Å². The summed E-state index contributed by atoms with van der Waals surface area (Å²) < 4.78 is 14.4. The van der Waals surface area contributed by atoms with Crippen LogP contribution < -0.4 is 0 Å². The lowest BCUT2D eigenvalue weighted by Crippen LogP contribution is -1.90. The van der Waals surface area contributed by atoms with E-state index in [-0.39, 0.29) is 0 Å². The Labute approximate surface area is 55.5 Å². The van der Waals surface area contributed by atoms with E-state index in [1.807, 2.05) is 0 Å². The van der Waals surface area contributed by atoms with Crippen LogP contribution in [0.4, 0.5) is 0 Å². The van der Waals surface area contributed by atoms with Crippen LogP contribution in [0.1, 0.15) is 12.8 Å². The van der Waals surface area contributed by atoms with Crippen molar-refractivity contribution in [2.45, 2.75) is 12.8 Å². The molecule has 1 atom stereocenters. The Bertz CT molecular complexity index is 217. The van der Waals surface area contributed by atoms with Gasteiger partial charge in [-0.3, -0.25) is 0 Å². The largest absolute Gasteiger partial charge is 0.229 e. The third-order valence-corrected chi connectivity index (χ3v) is 2.05. The third kappa shape index (κ3) is 0.941. The Morgan fingerprint density at radius 1 is 1.67 bits per heavy atom. The summed E-state index contributed by atoms with van der Waals surface area (Å²) in [4.78, 5) is 3.90. The van der Waals surface area contributed by atoms with Gasteiger partial charge in [0.15, 0.2) is 11.0 Å². The van der Waals surface area contributed by atoms with Gasteiger partial charge in [-0.15, -0.1) is 0 Å². The Balaban J connectivity index is 2.21. The van der Waals surface area contributed by atoms with Crippen LogP contribution in [0, 0.1) is 5.92 Å². The van der Waals surface area contributed by atoms with E-state index in [9.17, 15) is 4.21 Å². The molecule has 0 saturated heterocycles. The van der Waals surface area contributed by atoms with E-state index in [0.29, 0.717) is 5.92 Å². The third-order valence-electron chi connectivity index (χ3n) is 1.40. The van der Waals surface area contributed by atoms with E-state index in [4.69, 9.17) is 0 Å². The molecular formula is C5H6N2OS. The van der Waals surface area contributed by atoms with Crippen molar-refractivity contribution in [1.82, 2.24) is 0 Å². The highest BCUT2D eigenvalue weighted by Gasteiger charge is 2.29. The van der Waals surface area contributed by atoms with Crippen LogP contribution in [0.25, 0.3) is 0 Å². The van der Waals surface area contributed by atoms with Crippen LogP contribution in [0.5, 0.6) is 0 Å². The minimum atomic E-state index is -1.14. The first kappa shape index (κ1) is 5.29. The van der Waals surface area contributed by atoms with E-state index >= 15 is 0 Å². The molecule has 1 aliphatic heterocycles. The van der Waals surface area contributed by atoms with Gasteiger partial charge in [-0.25, -0.2) is 9.20 Å². The number of rotatable bonds is 1. The fourth-order valence-corrected chi connectivity index (χ4v) is 1.39. The monoisotopic (exact) mass is 142 g/mol. The maximum absolute atomic E-state index is 10.6. The SMILES string of the molecule is O=S1C=NC(C2CC2)=N1. The highest BCUT2D eigenvalue weighted by atomic mass is 32.2.